The molecule has 0 amide bonds. The lowest BCUT2D eigenvalue weighted by Crippen LogP contribution is -1.97. The highest BCUT2D eigenvalue weighted by molar-refractivity contribution is 6.42. The molecule has 0 bridgehead atoms. The molecule has 1 unspecified atom stereocenters. The normalized spacial score (nSPS) is 12.8. The lowest BCUT2D eigenvalue weighted by Gasteiger charge is -2.11. The van der Waals surface area contributed by atoms with Gasteiger partial charge in [0, 0.05) is 0 Å². The highest BCUT2D eigenvalue weighted by atomic mass is 35.5. The second-order valence-corrected chi connectivity index (χ2v) is 4.50. The van der Waals surface area contributed by atoms with Crippen LogP contribution in [-0.4, -0.2) is 5.11 Å². The van der Waals surface area contributed by atoms with Crippen molar-refractivity contribution in [3.8, 4) is 0 Å². The monoisotopic (exact) mass is 246 g/mol. The van der Waals surface area contributed by atoms with Crippen LogP contribution in [0.15, 0.2) is 18.2 Å². The third-order valence-corrected chi connectivity index (χ3v) is 3.15. The average molecular weight is 247 g/mol. The minimum atomic E-state index is -0.425. The lowest BCUT2D eigenvalue weighted by molar-refractivity contribution is 0.163. The first kappa shape index (κ1) is 12.8. The smallest absolute Gasteiger partial charge is 0.0790 e. The summed E-state index contributed by atoms with van der Waals surface area (Å²) in [5.41, 5.74) is 0.848. The average Bonchev–Trinajstić information content (AvgIpc) is 2.22. The molecule has 1 nitrogen and oxygen atoms in total. The van der Waals surface area contributed by atoms with E-state index in [1.54, 1.807) is 12.1 Å². The van der Waals surface area contributed by atoms with Crippen LogP contribution >= 0.6 is 23.2 Å². The summed E-state index contributed by atoms with van der Waals surface area (Å²) in [6.07, 6.45) is 3.71. The van der Waals surface area contributed by atoms with E-state index < -0.39 is 6.10 Å². The number of aliphatic hydroxyl groups is 1. The van der Waals surface area contributed by atoms with Gasteiger partial charge in [0.25, 0.3) is 0 Å². The Labute approximate surface area is 101 Å². The lowest BCUT2D eigenvalue weighted by atomic mass is 10.0. The van der Waals surface area contributed by atoms with E-state index in [0.717, 1.165) is 31.2 Å². The molecule has 3 heteroatoms. The molecule has 1 aromatic carbocycles. The van der Waals surface area contributed by atoms with Gasteiger partial charge >= 0.3 is 0 Å². The Bertz CT molecular complexity index is 312. The highest BCUT2D eigenvalue weighted by Crippen LogP contribution is 2.27. The van der Waals surface area contributed by atoms with Crippen LogP contribution in [0.2, 0.25) is 10.0 Å². The van der Waals surface area contributed by atoms with Crippen LogP contribution in [0.1, 0.15) is 44.3 Å². The Hall–Kier alpha value is -0.240. The van der Waals surface area contributed by atoms with Crippen LogP contribution in [0, 0.1) is 0 Å². The summed E-state index contributed by atoms with van der Waals surface area (Å²) in [4.78, 5) is 0. The summed E-state index contributed by atoms with van der Waals surface area (Å²) < 4.78 is 0. The van der Waals surface area contributed by atoms with Crippen molar-refractivity contribution in [1.29, 1.82) is 0 Å². The summed E-state index contributed by atoms with van der Waals surface area (Å²) >= 11 is 11.7. The zero-order valence-corrected chi connectivity index (χ0v) is 10.4. The number of halogens is 2. The molecule has 0 spiro atoms. The van der Waals surface area contributed by atoms with Gasteiger partial charge in [0.2, 0.25) is 0 Å². The van der Waals surface area contributed by atoms with E-state index in [2.05, 4.69) is 6.92 Å². The van der Waals surface area contributed by atoms with Gasteiger partial charge in [-0.2, -0.15) is 0 Å². The first-order valence-electron chi connectivity index (χ1n) is 5.28. The van der Waals surface area contributed by atoms with Crippen molar-refractivity contribution in [3.63, 3.8) is 0 Å². The molecular formula is C12H16Cl2O. The predicted molar refractivity (Wildman–Crippen MR) is 65.6 cm³/mol. The minimum Gasteiger partial charge on any atom is -0.388 e. The Balaban J connectivity index is 2.57. The highest BCUT2D eigenvalue weighted by Gasteiger charge is 2.08. The van der Waals surface area contributed by atoms with Crippen molar-refractivity contribution in [2.75, 3.05) is 0 Å². The molecule has 0 aromatic heterocycles. The minimum absolute atomic E-state index is 0.425. The molecular weight excluding hydrogens is 231 g/mol. The fourth-order valence-corrected chi connectivity index (χ4v) is 1.78. The maximum atomic E-state index is 9.86. The molecule has 1 atom stereocenters. The summed E-state index contributed by atoms with van der Waals surface area (Å²) in [5, 5.41) is 10.9. The Morgan fingerprint density at radius 1 is 1.20 bits per heavy atom. The van der Waals surface area contributed by atoms with Crippen LogP contribution in [0.4, 0.5) is 0 Å². The molecule has 0 fully saturated rings. The van der Waals surface area contributed by atoms with Gasteiger partial charge in [0.05, 0.1) is 16.1 Å². The van der Waals surface area contributed by atoms with Crippen LogP contribution in [0.25, 0.3) is 0 Å². The Morgan fingerprint density at radius 2 is 1.93 bits per heavy atom. The van der Waals surface area contributed by atoms with E-state index in [1.807, 2.05) is 6.07 Å². The molecule has 1 N–H and O–H groups in total. The van der Waals surface area contributed by atoms with E-state index in [9.17, 15) is 5.11 Å². The number of rotatable bonds is 5. The van der Waals surface area contributed by atoms with Crippen LogP contribution in [-0.2, 0) is 0 Å². The molecule has 0 saturated heterocycles. The second-order valence-electron chi connectivity index (χ2n) is 3.69. The van der Waals surface area contributed by atoms with E-state index in [-0.39, 0.29) is 0 Å². The molecule has 1 aromatic rings. The molecule has 0 aliphatic heterocycles. The molecule has 1 rings (SSSR count). The zero-order valence-electron chi connectivity index (χ0n) is 8.84. The molecule has 0 aliphatic rings. The van der Waals surface area contributed by atoms with Gasteiger partial charge in [0.1, 0.15) is 0 Å². The summed E-state index contributed by atoms with van der Waals surface area (Å²) in [6.45, 7) is 2.14. The third-order valence-electron chi connectivity index (χ3n) is 2.41. The van der Waals surface area contributed by atoms with Gasteiger partial charge in [-0.05, 0) is 24.1 Å². The zero-order chi connectivity index (χ0) is 11.3. The summed E-state index contributed by atoms with van der Waals surface area (Å²) in [6, 6.07) is 5.29. The van der Waals surface area contributed by atoms with E-state index >= 15 is 0 Å². The third kappa shape index (κ3) is 4.02. The number of hydrogen-bond donors (Lipinski definition) is 1. The molecule has 0 radical (unpaired) electrons. The first-order chi connectivity index (χ1) is 7.15. The molecule has 0 heterocycles. The van der Waals surface area contributed by atoms with Gasteiger partial charge in [-0.1, -0.05) is 55.5 Å². The van der Waals surface area contributed by atoms with Crippen molar-refractivity contribution in [2.45, 2.75) is 38.7 Å². The van der Waals surface area contributed by atoms with Crippen LogP contribution in [0.5, 0.6) is 0 Å². The van der Waals surface area contributed by atoms with Crippen molar-refractivity contribution in [1.82, 2.24) is 0 Å². The second kappa shape index (κ2) is 6.37. The fraction of sp³-hybridized carbons (Fsp3) is 0.500. The van der Waals surface area contributed by atoms with E-state index in [4.69, 9.17) is 23.2 Å². The first-order valence-corrected chi connectivity index (χ1v) is 6.03. The topological polar surface area (TPSA) is 20.2 Å². The maximum absolute atomic E-state index is 9.86. The van der Waals surface area contributed by atoms with Gasteiger partial charge in [-0.3, -0.25) is 0 Å². The van der Waals surface area contributed by atoms with Gasteiger partial charge in [0.15, 0.2) is 0 Å². The van der Waals surface area contributed by atoms with Crippen molar-refractivity contribution in [2.24, 2.45) is 0 Å². The van der Waals surface area contributed by atoms with Gasteiger partial charge < -0.3 is 5.11 Å². The standard InChI is InChI=1S/C12H16Cl2O/c1-2-3-4-5-12(15)9-6-7-10(13)11(14)8-9/h6-8,12,15H,2-5H2,1H3. The summed E-state index contributed by atoms with van der Waals surface area (Å²) in [5.74, 6) is 0. The molecule has 84 valence electrons. The van der Waals surface area contributed by atoms with Crippen LogP contribution < -0.4 is 0 Å². The quantitative estimate of drug-likeness (QED) is 0.753. The fourth-order valence-electron chi connectivity index (χ4n) is 1.47. The van der Waals surface area contributed by atoms with E-state index in [1.165, 1.54) is 0 Å². The van der Waals surface area contributed by atoms with Crippen molar-refractivity contribution in [3.05, 3.63) is 33.8 Å². The number of unbranched alkanes of at least 4 members (excludes halogenated alkanes) is 2. The summed E-state index contributed by atoms with van der Waals surface area (Å²) in [7, 11) is 0. The maximum Gasteiger partial charge on any atom is 0.0790 e. The van der Waals surface area contributed by atoms with E-state index in [0.29, 0.717) is 10.0 Å². The van der Waals surface area contributed by atoms with Crippen LogP contribution in [0.3, 0.4) is 0 Å². The molecule has 0 saturated carbocycles. The number of hydrogen-bond acceptors (Lipinski definition) is 1. The van der Waals surface area contributed by atoms with Gasteiger partial charge in [-0.15, -0.1) is 0 Å². The molecule has 15 heavy (non-hydrogen) atoms. The Morgan fingerprint density at radius 3 is 2.53 bits per heavy atom. The van der Waals surface area contributed by atoms with Gasteiger partial charge in [-0.25, -0.2) is 0 Å². The SMILES string of the molecule is CCCCCC(O)c1ccc(Cl)c(Cl)c1. The molecule has 0 aliphatic carbocycles. The van der Waals surface area contributed by atoms with Crippen molar-refractivity contribution < 1.29 is 5.11 Å². The number of benzene rings is 1. The Kier molecular flexibility index (Phi) is 5.44. The predicted octanol–water partition coefficient (Wildman–Crippen LogP) is 4.61. The largest absolute Gasteiger partial charge is 0.388 e. The number of aliphatic hydroxyl groups excluding tert-OH is 1. The van der Waals surface area contributed by atoms with Crippen molar-refractivity contribution >= 4 is 23.2 Å².